The van der Waals surface area contributed by atoms with Crippen molar-refractivity contribution in [1.82, 2.24) is 35.4 Å². The first-order valence-corrected chi connectivity index (χ1v) is 20.0. The average Bonchev–Trinajstić information content (AvgIpc) is 3.95. The van der Waals surface area contributed by atoms with Gasteiger partial charge in [-0.05, 0) is 77.7 Å². The van der Waals surface area contributed by atoms with E-state index in [1.807, 2.05) is 48.5 Å². The lowest BCUT2D eigenvalue weighted by molar-refractivity contribution is -0.384. The second-order valence-corrected chi connectivity index (χ2v) is 13.4. The van der Waals surface area contributed by atoms with Crippen molar-refractivity contribution in [3.63, 3.8) is 0 Å². The number of halogens is 4. The van der Waals surface area contributed by atoms with Crippen molar-refractivity contribution >= 4 is 45.4 Å². The highest BCUT2D eigenvalue weighted by atomic mass is 19.2. The molecule has 0 saturated carbocycles. The number of ether oxygens (including phenoxy) is 3. The molecule has 1 aliphatic rings. The molecule has 3 heterocycles. The zero-order valence-corrected chi connectivity index (χ0v) is 38.3. The molecule has 20 nitrogen and oxygen atoms in total. The molecule has 1 aliphatic heterocycles. The number of imide groups is 1. The zero-order chi connectivity index (χ0) is 51.2. The molecular weight excluding hydrogens is 921 g/mol. The van der Waals surface area contributed by atoms with E-state index in [2.05, 4.69) is 42.0 Å². The van der Waals surface area contributed by atoms with E-state index in [9.17, 15) is 46.9 Å². The molecule has 0 spiro atoms. The Bertz CT molecular complexity index is 2840. The van der Waals surface area contributed by atoms with Crippen LogP contribution in [0.2, 0.25) is 0 Å². The number of aryl methyl sites for hydroxylation is 1. The molecule has 1 saturated heterocycles. The minimum Gasteiger partial charge on any atom is -0.497 e. The number of para-hydroxylation sites is 1. The molecule has 0 N–H and O–H groups in total. The van der Waals surface area contributed by atoms with E-state index in [0.29, 0.717) is 16.7 Å². The summed E-state index contributed by atoms with van der Waals surface area (Å²) in [4.78, 5) is 69.6. The van der Waals surface area contributed by atoms with Gasteiger partial charge in [0.2, 0.25) is 5.82 Å². The number of methoxy groups -OCH3 is 2. The lowest BCUT2D eigenvalue weighted by atomic mass is 10.2. The molecule has 2 amide bonds. The van der Waals surface area contributed by atoms with Crippen LogP contribution in [0, 0.1) is 47.2 Å². The van der Waals surface area contributed by atoms with Gasteiger partial charge in [-0.3, -0.25) is 34.1 Å². The standard InChI is InChI=1S/C9H9NO4.C8H6F4O.C8H7N3O2.C8H10O.C7H7N3O.C5H7NO3/c1-2-9(11)14-8-5-3-7(4-6-8)10(12)13;1-3-4(9)6(11)7(12)8(13-2)5(3)10;1-13-11-8(12)6-4-2-3-5-7(6)9-10-11;1-7-3-5-8(9-2)6-4-7;1-11-10-7-5-3-2-4-6(7)8-9-10;1-9-6-4(7)2-3-5(6)8/h3-6H,2H2,1H3;1-2H3;2-5H,1H3;3-6H,1-2H3;2-5H,1H3;2-3H2,1H3. The van der Waals surface area contributed by atoms with Gasteiger partial charge in [-0.15, -0.1) is 10.2 Å². The summed E-state index contributed by atoms with van der Waals surface area (Å²) in [5, 5.41) is 26.6. The highest BCUT2D eigenvalue weighted by molar-refractivity contribution is 6.00. The number of carbonyl (C=O) groups is 3. The number of non-ortho nitro benzene ring substituents is 1. The van der Waals surface area contributed by atoms with Crippen LogP contribution in [0.1, 0.15) is 37.3 Å². The normalized spacial score (nSPS) is 11.2. The Morgan fingerprint density at radius 2 is 1.19 bits per heavy atom. The van der Waals surface area contributed by atoms with Gasteiger partial charge in [-0.1, -0.05) is 53.7 Å². The largest absolute Gasteiger partial charge is 0.497 e. The van der Waals surface area contributed by atoms with Crippen LogP contribution in [0.4, 0.5) is 23.2 Å². The Kier molecular flexibility index (Phi) is 21.6. The summed E-state index contributed by atoms with van der Waals surface area (Å²) in [6.45, 7) is 4.73. The van der Waals surface area contributed by atoms with Crippen molar-refractivity contribution in [3.05, 3.63) is 152 Å². The number of nitro groups is 1. The highest BCUT2D eigenvalue weighted by Gasteiger charge is 2.29. The lowest BCUT2D eigenvalue weighted by Crippen LogP contribution is -2.28. The number of hydroxylamine groups is 2. The number of amides is 2. The van der Waals surface area contributed by atoms with Crippen LogP contribution < -0.4 is 29.4 Å². The SMILES string of the molecule is CCC(=O)Oc1ccc([N+](=O)[O-])cc1.CON1C(=O)CCC1=O.COc1c(F)c(C)c(F)c(F)c1F.COc1ccc(C)cc1.COn1nnc2ccccc21.COn1nnc2ccccc2c1=O. The molecular formula is C45H46F4N8O12. The molecule has 0 radical (unpaired) electrons. The molecule has 366 valence electrons. The number of hydrogen-bond acceptors (Lipinski definition) is 16. The van der Waals surface area contributed by atoms with Crippen LogP contribution in [0.25, 0.3) is 21.9 Å². The fourth-order valence-electron chi connectivity index (χ4n) is 5.25. The molecule has 2 aromatic heterocycles. The summed E-state index contributed by atoms with van der Waals surface area (Å²) in [6.07, 6.45) is 0.844. The summed E-state index contributed by atoms with van der Waals surface area (Å²) < 4.78 is 65.0. The van der Waals surface area contributed by atoms with Crippen molar-refractivity contribution in [2.24, 2.45) is 0 Å². The summed E-state index contributed by atoms with van der Waals surface area (Å²) in [5.41, 5.74) is 2.63. The lowest BCUT2D eigenvalue weighted by Gasteiger charge is -2.07. The maximum atomic E-state index is 12.9. The number of nitrogens with zero attached hydrogens (tertiary/aromatic N) is 8. The minimum absolute atomic E-state index is 0.0266. The molecule has 0 atom stereocenters. The van der Waals surface area contributed by atoms with Gasteiger partial charge in [0.25, 0.3) is 17.5 Å². The Morgan fingerprint density at radius 1 is 0.652 bits per heavy atom. The van der Waals surface area contributed by atoms with Gasteiger partial charge in [0.05, 0.1) is 31.6 Å². The van der Waals surface area contributed by atoms with Crippen LogP contribution in [0.5, 0.6) is 17.2 Å². The van der Waals surface area contributed by atoms with Crippen molar-refractivity contribution in [3.8, 4) is 17.2 Å². The van der Waals surface area contributed by atoms with E-state index in [4.69, 9.17) is 14.3 Å². The van der Waals surface area contributed by atoms with Gasteiger partial charge in [0.1, 0.15) is 42.3 Å². The number of fused-ring (bicyclic) bond motifs is 2. The second kappa shape index (κ2) is 27.2. The smallest absolute Gasteiger partial charge is 0.314 e. The summed E-state index contributed by atoms with van der Waals surface area (Å²) in [5.74, 6) is -6.66. The minimum atomic E-state index is -1.73. The molecule has 69 heavy (non-hydrogen) atoms. The van der Waals surface area contributed by atoms with Crippen molar-refractivity contribution in [2.75, 3.05) is 35.5 Å². The first-order valence-electron chi connectivity index (χ1n) is 20.0. The molecule has 7 aromatic rings. The highest BCUT2D eigenvalue weighted by Crippen LogP contribution is 2.29. The predicted molar refractivity (Wildman–Crippen MR) is 239 cm³/mol. The Balaban J connectivity index is 0.000000221. The number of benzene rings is 5. The average molecular weight is 967 g/mol. The third-order valence-electron chi connectivity index (χ3n) is 8.87. The molecule has 0 bridgehead atoms. The molecule has 5 aromatic carbocycles. The fourth-order valence-corrected chi connectivity index (χ4v) is 5.25. The summed E-state index contributed by atoms with van der Waals surface area (Å²) in [7, 11) is 6.87. The second-order valence-electron chi connectivity index (χ2n) is 13.4. The molecule has 0 aliphatic carbocycles. The molecule has 1 fully saturated rings. The molecule has 24 heteroatoms. The third-order valence-corrected chi connectivity index (χ3v) is 8.87. The van der Waals surface area contributed by atoms with E-state index in [1.165, 1.54) is 48.9 Å². The van der Waals surface area contributed by atoms with Crippen LogP contribution in [-0.4, -0.2) is 93.6 Å². The number of esters is 1. The van der Waals surface area contributed by atoms with E-state index < -0.39 is 39.5 Å². The number of aromatic nitrogens is 6. The Hall–Kier alpha value is -8.54. The quantitative estimate of drug-likeness (QED) is 0.0231. The third kappa shape index (κ3) is 15.5. The fraction of sp³-hybridized carbons (Fsp3) is 0.244. The Labute approximate surface area is 390 Å². The predicted octanol–water partition coefficient (Wildman–Crippen LogP) is 6.51. The number of rotatable bonds is 8. The van der Waals surface area contributed by atoms with E-state index in [-0.39, 0.29) is 48.3 Å². The number of nitro benzene ring substituents is 1. The first kappa shape index (κ1) is 54.8. The zero-order valence-electron chi connectivity index (χ0n) is 38.3. The molecule has 8 rings (SSSR count). The van der Waals surface area contributed by atoms with Crippen molar-refractivity contribution in [2.45, 2.75) is 40.0 Å². The summed E-state index contributed by atoms with van der Waals surface area (Å²) >= 11 is 0. The van der Waals surface area contributed by atoms with Gasteiger partial charge in [0, 0.05) is 37.0 Å². The van der Waals surface area contributed by atoms with E-state index in [1.54, 1.807) is 45.4 Å². The first-order chi connectivity index (χ1) is 33.0. The van der Waals surface area contributed by atoms with Gasteiger partial charge in [-0.25, -0.2) is 13.2 Å². The van der Waals surface area contributed by atoms with E-state index in [0.717, 1.165) is 40.7 Å². The maximum absolute atomic E-state index is 12.9. The van der Waals surface area contributed by atoms with Crippen LogP contribution in [0.15, 0.2) is 102 Å². The molecule has 0 unspecified atom stereocenters. The van der Waals surface area contributed by atoms with Crippen LogP contribution in [0.3, 0.4) is 0 Å². The van der Waals surface area contributed by atoms with Crippen LogP contribution in [-0.2, 0) is 19.2 Å². The van der Waals surface area contributed by atoms with E-state index >= 15 is 0 Å². The topological polar surface area (TPSA) is 231 Å². The van der Waals surface area contributed by atoms with Crippen LogP contribution >= 0.6 is 0 Å². The van der Waals surface area contributed by atoms with Gasteiger partial charge >= 0.3 is 11.5 Å². The van der Waals surface area contributed by atoms with Crippen molar-refractivity contribution in [1.29, 1.82) is 0 Å². The number of carbonyl (C=O) groups excluding carboxylic acids is 3. The van der Waals surface area contributed by atoms with Crippen molar-refractivity contribution < 1.29 is 65.6 Å². The maximum Gasteiger partial charge on any atom is 0.314 e. The van der Waals surface area contributed by atoms with Gasteiger partial charge in [0.15, 0.2) is 23.2 Å². The summed E-state index contributed by atoms with van der Waals surface area (Å²) in [6, 6.07) is 27.9. The monoisotopic (exact) mass is 966 g/mol. The Morgan fingerprint density at radius 3 is 1.71 bits per heavy atom. The van der Waals surface area contributed by atoms with Gasteiger partial charge in [-0.2, -0.15) is 9.45 Å². The van der Waals surface area contributed by atoms with Gasteiger partial charge < -0.3 is 23.9 Å². The number of hydrogen-bond donors (Lipinski definition) is 0.